The van der Waals surface area contributed by atoms with Crippen molar-refractivity contribution in [1.82, 2.24) is 9.88 Å². The van der Waals surface area contributed by atoms with Gasteiger partial charge in [-0.05, 0) is 42.4 Å². The molecule has 3 N–H and O–H groups in total. The highest BCUT2D eigenvalue weighted by atomic mass is 35.5. The molecule has 3 heterocycles. The summed E-state index contributed by atoms with van der Waals surface area (Å²) in [5, 5.41) is 4.47. The molecule has 5 nitrogen and oxygen atoms in total. The summed E-state index contributed by atoms with van der Waals surface area (Å²) in [6.45, 7) is 1.74. The number of nitrogens with two attached hydrogens (primary N) is 1. The second kappa shape index (κ2) is 7.96. The van der Waals surface area contributed by atoms with Gasteiger partial charge in [0.25, 0.3) is 5.91 Å². The lowest BCUT2D eigenvalue weighted by Crippen LogP contribution is -2.27. The molecule has 0 aliphatic carbocycles. The van der Waals surface area contributed by atoms with Crippen molar-refractivity contribution in [2.24, 2.45) is 0 Å². The number of thiophene rings is 1. The van der Waals surface area contributed by atoms with Crippen LogP contribution in [0.2, 0.25) is 5.02 Å². The first-order valence-electron chi connectivity index (χ1n) is 10.1. The van der Waals surface area contributed by atoms with Crippen LogP contribution in [0, 0.1) is 0 Å². The Morgan fingerprint density at radius 1 is 1.16 bits per heavy atom. The first kappa shape index (κ1) is 20.0. The van der Waals surface area contributed by atoms with Crippen LogP contribution in [-0.4, -0.2) is 29.4 Å². The van der Waals surface area contributed by atoms with E-state index in [1.54, 1.807) is 0 Å². The summed E-state index contributed by atoms with van der Waals surface area (Å²) in [6.07, 6.45) is 0.867. The molecule has 0 spiro atoms. The summed E-state index contributed by atoms with van der Waals surface area (Å²) in [7, 11) is 2.11. The summed E-state index contributed by atoms with van der Waals surface area (Å²) in [6, 6.07) is 17.2. The minimum Gasteiger partial charge on any atom is -0.397 e. The molecule has 1 aliphatic rings. The van der Waals surface area contributed by atoms with Gasteiger partial charge in [-0.2, -0.15) is 0 Å². The van der Waals surface area contributed by atoms with Crippen molar-refractivity contribution < 1.29 is 4.79 Å². The van der Waals surface area contributed by atoms with Gasteiger partial charge in [-0.15, -0.1) is 11.3 Å². The van der Waals surface area contributed by atoms with Gasteiger partial charge in [0.1, 0.15) is 9.71 Å². The number of hydrogen-bond donors (Lipinski definition) is 2. The van der Waals surface area contributed by atoms with Crippen molar-refractivity contribution in [3.8, 4) is 11.1 Å². The van der Waals surface area contributed by atoms with Crippen molar-refractivity contribution in [2.45, 2.75) is 13.0 Å². The first-order valence-corrected chi connectivity index (χ1v) is 11.3. The summed E-state index contributed by atoms with van der Waals surface area (Å²) in [4.78, 5) is 21.5. The molecule has 0 atom stereocenters. The maximum absolute atomic E-state index is 13.0. The van der Waals surface area contributed by atoms with Crippen LogP contribution in [0.5, 0.6) is 0 Å². The number of likely N-dealkylation sites (N-methyl/N-ethyl adjacent to an activating group) is 1. The number of nitrogen functional groups attached to an aromatic ring is 1. The second-order valence-electron chi connectivity index (χ2n) is 7.75. The minimum absolute atomic E-state index is 0.219. The molecular weight excluding hydrogens is 428 g/mol. The van der Waals surface area contributed by atoms with E-state index in [1.807, 2.05) is 54.6 Å². The summed E-state index contributed by atoms with van der Waals surface area (Å²) in [5.41, 5.74) is 12.1. The smallest absolute Gasteiger partial charge is 0.267 e. The molecule has 0 fully saturated rings. The largest absolute Gasteiger partial charge is 0.397 e. The molecule has 1 aliphatic heterocycles. The van der Waals surface area contributed by atoms with Gasteiger partial charge >= 0.3 is 0 Å². The lowest BCUT2D eigenvalue weighted by Gasteiger charge is -2.27. The molecule has 0 unspecified atom stereocenters. The molecule has 2 aromatic carbocycles. The number of amides is 1. The van der Waals surface area contributed by atoms with Crippen LogP contribution in [0.15, 0.2) is 54.6 Å². The Hall–Kier alpha value is -2.93. The number of para-hydroxylation sites is 1. The lowest BCUT2D eigenvalue weighted by atomic mass is 9.92. The molecule has 5 rings (SSSR count). The molecule has 0 bridgehead atoms. The Balaban J connectivity index is 1.70. The van der Waals surface area contributed by atoms with Crippen molar-refractivity contribution in [1.29, 1.82) is 0 Å². The lowest BCUT2D eigenvalue weighted by molar-refractivity contribution is 0.103. The number of rotatable bonds is 3. The predicted molar refractivity (Wildman–Crippen MR) is 129 cm³/mol. The van der Waals surface area contributed by atoms with Crippen molar-refractivity contribution >= 4 is 50.4 Å². The molecule has 1 amide bonds. The number of nitrogens with one attached hydrogen (secondary N) is 1. The van der Waals surface area contributed by atoms with Gasteiger partial charge in [0.05, 0.1) is 5.69 Å². The van der Waals surface area contributed by atoms with Crippen LogP contribution in [-0.2, 0) is 13.0 Å². The third-order valence-corrected chi connectivity index (χ3v) is 6.94. The van der Waals surface area contributed by atoms with E-state index in [2.05, 4.69) is 17.3 Å². The van der Waals surface area contributed by atoms with E-state index in [0.717, 1.165) is 52.2 Å². The van der Waals surface area contributed by atoms with Gasteiger partial charge in [-0.3, -0.25) is 4.79 Å². The third-order valence-electron chi connectivity index (χ3n) is 5.59. The van der Waals surface area contributed by atoms with Crippen molar-refractivity contribution in [3.63, 3.8) is 0 Å². The van der Waals surface area contributed by atoms with E-state index in [9.17, 15) is 4.79 Å². The monoisotopic (exact) mass is 448 g/mol. The molecule has 31 heavy (non-hydrogen) atoms. The predicted octanol–water partition coefficient (Wildman–Crippen LogP) is 5.44. The highest BCUT2D eigenvalue weighted by Crippen LogP contribution is 2.43. The van der Waals surface area contributed by atoms with Crippen LogP contribution in [0.4, 0.5) is 11.4 Å². The van der Waals surface area contributed by atoms with E-state index in [0.29, 0.717) is 15.6 Å². The fourth-order valence-electron chi connectivity index (χ4n) is 4.07. The zero-order valence-electron chi connectivity index (χ0n) is 17.0. The Bertz CT molecular complexity index is 1280. The number of pyridine rings is 1. The highest BCUT2D eigenvalue weighted by Gasteiger charge is 2.27. The van der Waals surface area contributed by atoms with Crippen LogP contribution in [0.1, 0.15) is 20.9 Å². The average Bonchev–Trinajstić information content (AvgIpc) is 3.10. The Morgan fingerprint density at radius 2 is 1.90 bits per heavy atom. The molecule has 0 radical (unpaired) electrons. The molecule has 0 saturated heterocycles. The van der Waals surface area contributed by atoms with Gasteiger partial charge in [-0.25, -0.2) is 4.98 Å². The molecule has 156 valence electrons. The van der Waals surface area contributed by atoms with Gasteiger partial charge in [0, 0.05) is 46.9 Å². The topological polar surface area (TPSA) is 71.2 Å². The van der Waals surface area contributed by atoms with Gasteiger partial charge in [-0.1, -0.05) is 41.9 Å². The van der Waals surface area contributed by atoms with Crippen LogP contribution < -0.4 is 11.1 Å². The van der Waals surface area contributed by atoms with Crippen LogP contribution in [0.3, 0.4) is 0 Å². The molecule has 4 aromatic rings. The van der Waals surface area contributed by atoms with Gasteiger partial charge < -0.3 is 16.0 Å². The quantitative estimate of drug-likeness (QED) is 0.437. The fourth-order valence-corrected chi connectivity index (χ4v) is 5.22. The Labute approximate surface area is 189 Å². The normalized spacial score (nSPS) is 13.9. The van der Waals surface area contributed by atoms with E-state index in [4.69, 9.17) is 22.3 Å². The zero-order chi connectivity index (χ0) is 21.5. The average molecular weight is 449 g/mol. The van der Waals surface area contributed by atoms with Gasteiger partial charge in [0.2, 0.25) is 0 Å². The summed E-state index contributed by atoms with van der Waals surface area (Å²) in [5.74, 6) is -0.219. The Morgan fingerprint density at radius 3 is 2.65 bits per heavy atom. The van der Waals surface area contributed by atoms with Crippen molar-refractivity contribution in [3.05, 3.63) is 75.8 Å². The number of benzene rings is 2. The SMILES string of the molecule is CN1CCc2nc3sc(C(=O)Nc4ccccc4)c(N)c3c(-c3ccc(Cl)cc3)c2C1. The number of anilines is 2. The number of nitrogens with zero attached hydrogens (tertiary/aromatic N) is 2. The van der Waals surface area contributed by atoms with Crippen LogP contribution in [0.25, 0.3) is 21.3 Å². The number of carbonyl (C=O) groups excluding carboxylic acids is 1. The second-order valence-corrected chi connectivity index (χ2v) is 9.19. The number of aromatic nitrogens is 1. The Kier molecular flexibility index (Phi) is 5.14. The molecule has 0 saturated carbocycles. The summed E-state index contributed by atoms with van der Waals surface area (Å²) < 4.78 is 0. The standard InChI is InChI=1S/C24H21ClN4OS/c1-29-12-11-18-17(13-29)19(14-7-9-15(25)10-8-14)20-21(26)22(31-24(20)28-18)23(30)27-16-5-3-2-4-6-16/h2-10H,11-13,26H2,1H3,(H,27,30). The van der Waals surface area contributed by atoms with Gasteiger partial charge in [0.15, 0.2) is 0 Å². The number of halogens is 1. The summed E-state index contributed by atoms with van der Waals surface area (Å²) >= 11 is 7.49. The van der Waals surface area contributed by atoms with E-state index < -0.39 is 0 Å². The first-order chi connectivity index (χ1) is 15.0. The maximum atomic E-state index is 13.0. The third kappa shape index (κ3) is 3.67. The minimum atomic E-state index is -0.219. The van der Waals surface area contributed by atoms with E-state index in [-0.39, 0.29) is 5.91 Å². The fraction of sp³-hybridized carbons (Fsp3) is 0.167. The van der Waals surface area contributed by atoms with Crippen molar-refractivity contribution in [2.75, 3.05) is 24.6 Å². The molecule has 2 aromatic heterocycles. The maximum Gasteiger partial charge on any atom is 0.267 e. The van der Waals surface area contributed by atoms with E-state index >= 15 is 0 Å². The number of hydrogen-bond acceptors (Lipinski definition) is 5. The number of fused-ring (bicyclic) bond motifs is 2. The molecule has 7 heteroatoms. The van der Waals surface area contributed by atoms with Crippen LogP contribution >= 0.6 is 22.9 Å². The van der Waals surface area contributed by atoms with E-state index in [1.165, 1.54) is 16.9 Å². The number of carbonyl (C=O) groups is 1. The highest BCUT2D eigenvalue weighted by molar-refractivity contribution is 7.21. The molecular formula is C24H21ClN4OS. The zero-order valence-corrected chi connectivity index (χ0v) is 18.6.